The van der Waals surface area contributed by atoms with Crippen molar-refractivity contribution >= 4 is 23.2 Å². The number of fused-ring (bicyclic) bond motifs is 1. The van der Waals surface area contributed by atoms with Gasteiger partial charge in [-0.15, -0.1) is 10.2 Å². The van der Waals surface area contributed by atoms with Crippen LogP contribution in [0.15, 0.2) is 43.1 Å². The van der Waals surface area contributed by atoms with Gasteiger partial charge in [-0.25, -0.2) is 4.98 Å². The molecule has 0 spiro atoms. The quantitative estimate of drug-likeness (QED) is 0.709. The minimum absolute atomic E-state index is 0.0884. The van der Waals surface area contributed by atoms with Crippen LogP contribution in [0, 0.1) is 6.92 Å². The molecule has 0 aliphatic carbocycles. The molecule has 0 atom stereocenters. The number of hydrogen-bond acceptors (Lipinski definition) is 4. The highest BCUT2D eigenvalue weighted by molar-refractivity contribution is 6.32. The van der Waals surface area contributed by atoms with Crippen molar-refractivity contribution in [2.75, 3.05) is 11.4 Å². The topological polar surface area (TPSA) is 63.9 Å². The first kappa shape index (κ1) is 15.8. The van der Waals surface area contributed by atoms with Gasteiger partial charge < -0.3 is 4.90 Å². The fourth-order valence-corrected chi connectivity index (χ4v) is 3.40. The third-order valence-corrected chi connectivity index (χ3v) is 4.61. The Labute approximate surface area is 150 Å². The maximum Gasteiger partial charge on any atom is 0.259 e. The molecule has 1 aliphatic heterocycles. The van der Waals surface area contributed by atoms with Crippen molar-refractivity contribution in [3.05, 3.63) is 64.8 Å². The summed E-state index contributed by atoms with van der Waals surface area (Å²) in [6.45, 7) is 2.76. The molecule has 0 N–H and O–H groups in total. The molecule has 126 valence electrons. The number of aromatic nitrogens is 4. The minimum Gasteiger partial charge on any atom is -0.308 e. The molecule has 0 bridgehead atoms. The molecule has 0 fully saturated rings. The second kappa shape index (κ2) is 6.29. The Morgan fingerprint density at radius 3 is 2.76 bits per heavy atom. The fourth-order valence-electron chi connectivity index (χ4n) is 3.14. The van der Waals surface area contributed by atoms with Crippen molar-refractivity contribution in [1.29, 1.82) is 0 Å². The standard InChI is InChI=1S/C18H16ClN5O/c1-12-4-5-16-13(7-12)3-2-6-24(16)18(25)14-8-15(19)17(20-9-14)23-10-21-22-11-23/h4-5,7-11H,2-3,6H2,1H3. The number of rotatable bonds is 2. The minimum atomic E-state index is -0.0884. The van der Waals surface area contributed by atoms with Crippen molar-refractivity contribution in [3.63, 3.8) is 0 Å². The van der Waals surface area contributed by atoms with E-state index in [1.807, 2.05) is 17.0 Å². The molecule has 0 saturated heterocycles. The summed E-state index contributed by atoms with van der Waals surface area (Å²) in [7, 11) is 0. The van der Waals surface area contributed by atoms with Crippen LogP contribution in [0.4, 0.5) is 5.69 Å². The average Bonchev–Trinajstić information content (AvgIpc) is 3.14. The molecule has 6 nitrogen and oxygen atoms in total. The van der Waals surface area contributed by atoms with Gasteiger partial charge in [-0.2, -0.15) is 0 Å². The van der Waals surface area contributed by atoms with E-state index in [0.29, 0.717) is 22.9 Å². The molecule has 7 heteroatoms. The van der Waals surface area contributed by atoms with Crippen LogP contribution in [0.25, 0.3) is 5.82 Å². The number of anilines is 1. The normalized spacial score (nSPS) is 13.6. The van der Waals surface area contributed by atoms with Gasteiger partial charge in [0.1, 0.15) is 12.7 Å². The van der Waals surface area contributed by atoms with Gasteiger partial charge >= 0.3 is 0 Å². The Hall–Kier alpha value is -2.73. The highest BCUT2D eigenvalue weighted by Gasteiger charge is 2.24. The lowest BCUT2D eigenvalue weighted by molar-refractivity contribution is 0.0985. The molecule has 0 radical (unpaired) electrons. The van der Waals surface area contributed by atoms with Crippen LogP contribution < -0.4 is 4.90 Å². The summed E-state index contributed by atoms with van der Waals surface area (Å²) < 4.78 is 1.61. The van der Waals surface area contributed by atoms with Gasteiger partial charge in [0, 0.05) is 18.4 Å². The van der Waals surface area contributed by atoms with E-state index in [9.17, 15) is 4.79 Å². The summed E-state index contributed by atoms with van der Waals surface area (Å²) in [6, 6.07) is 7.84. The van der Waals surface area contributed by atoms with Gasteiger partial charge in [0.2, 0.25) is 0 Å². The number of pyridine rings is 1. The summed E-state index contributed by atoms with van der Waals surface area (Å²) in [4.78, 5) is 19.1. The van der Waals surface area contributed by atoms with Crippen LogP contribution >= 0.6 is 11.6 Å². The third-order valence-electron chi connectivity index (χ3n) is 4.33. The van der Waals surface area contributed by atoms with E-state index in [0.717, 1.165) is 18.5 Å². The molecule has 2 aromatic heterocycles. The number of nitrogens with zero attached hydrogens (tertiary/aromatic N) is 5. The molecule has 0 unspecified atom stereocenters. The number of halogens is 1. The molecular formula is C18H16ClN5O. The second-order valence-electron chi connectivity index (χ2n) is 6.09. The molecule has 3 heterocycles. The van der Waals surface area contributed by atoms with E-state index in [2.05, 4.69) is 28.2 Å². The van der Waals surface area contributed by atoms with Crippen LogP contribution in [0.5, 0.6) is 0 Å². The van der Waals surface area contributed by atoms with Crippen molar-refractivity contribution in [1.82, 2.24) is 19.7 Å². The molecule has 25 heavy (non-hydrogen) atoms. The van der Waals surface area contributed by atoms with Gasteiger partial charge in [0.05, 0.1) is 10.6 Å². The van der Waals surface area contributed by atoms with Crippen molar-refractivity contribution in [2.24, 2.45) is 0 Å². The van der Waals surface area contributed by atoms with E-state index in [4.69, 9.17) is 11.6 Å². The first-order valence-corrected chi connectivity index (χ1v) is 8.43. The van der Waals surface area contributed by atoms with Crippen LogP contribution in [-0.4, -0.2) is 32.2 Å². The average molecular weight is 354 g/mol. The Morgan fingerprint density at radius 2 is 2.00 bits per heavy atom. The highest BCUT2D eigenvalue weighted by Crippen LogP contribution is 2.30. The Kier molecular flexibility index (Phi) is 3.97. The Bertz CT molecular complexity index is 939. The largest absolute Gasteiger partial charge is 0.308 e. The Balaban J connectivity index is 1.67. The van der Waals surface area contributed by atoms with Crippen LogP contribution in [-0.2, 0) is 6.42 Å². The number of carbonyl (C=O) groups is 1. The predicted molar refractivity (Wildman–Crippen MR) is 95.3 cm³/mol. The maximum absolute atomic E-state index is 13.0. The SMILES string of the molecule is Cc1ccc2c(c1)CCCN2C(=O)c1cnc(-n2cnnc2)c(Cl)c1. The van der Waals surface area contributed by atoms with E-state index in [1.165, 1.54) is 23.8 Å². The van der Waals surface area contributed by atoms with Crippen molar-refractivity contribution < 1.29 is 4.79 Å². The van der Waals surface area contributed by atoms with Gasteiger partial charge in [-0.1, -0.05) is 29.3 Å². The van der Waals surface area contributed by atoms with Gasteiger partial charge in [0.15, 0.2) is 5.82 Å². The summed E-state index contributed by atoms with van der Waals surface area (Å²) in [6.07, 6.45) is 6.51. The van der Waals surface area contributed by atoms with Crippen LogP contribution in [0.3, 0.4) is 0 Å². The number of benzene rings is 1. The van der Waals surface area contributed by atoms with Crippen molar-refractivity contribution in [3.8, 4) is 5.82 Å². The van der Waals surface area contributed by atoms with Gasteiger partial charge in [-0.05, 0) is 37.5 Å². The van der Waals surface area contributed by atoms with E-state index in [1.54, 1.807) is 16.8 Å². The van der Waals surface area contributed by atoms with Crippen LogP contribution in [0.2, 0.25) is 5.02 Å². The van der Waals surface area contributed by atoms with Gasteiger partial charge in [-0.3, -0.25) is 9.36 Å². The first-order valence-electron chi connectivity index (χ1n) is 8.05. The van der Waals surface area contributed by atoms with Crippen molar-refractivity contribution in [2.45, 2.75) is 19.8 Å². The number of aryl methyl sites for hydroxylation is 2. The summed E-state index contributed by atoms with van der Waals surface area (Å²) in [5.74, 6) is 0.410. The molecular weight excluding hydrogens is 338 g/mol. The number of amides is 1. The smallest absolute Gasteiger partial charge is 0.259 e. The molecule has 1 aliphatic rings. The molecule has 1 amide bonds. The van der Waals surface area contributed by atoms with E-state index in [-0.39, 0.29) is 5.91 Å². The zero-order valence-corrected chi connectivity index (χ0v) is 14.4. The Morgan fingerprint density at radius 1 is 1.20 bits per heavy atom. The lowest BCUT2D eigenvalue weighted by Crippen LogP contribution is -2.35. The predicted octanol–water partition coefficient (Wildman–Crippen LogP) is 3.22. The summed E-state index contributed by atoms with van der Waals surface area (Å²) in [5.41, 5.74) is 3.85. The second-order valence-corrected chi connectivity index (χ2v) is 6.50. The third kappa shape index (κ3) is 2.89. The monoisotopic (exact) mass is 353 g/mol. The molecule has 1 aromatic carbocycles. The van der Waals surface area contributed by atoms with E-state index < -0.39 is 0 Å². The molecule has 4 rings (SSSR count). The number of hydrogen-bond donors (Lipinski definition) is 0. The fraction of sp³-hybridized carbons (Fsp3) is 0.222. The maximum atomic E-state index is 13.0. The lowest BCUT2D eigenvalue weighted by Gasteiger charge is -2.30. The number of carbonyl (C=O) groups excluding carboxylic acids is 1. The zero-order chi connectivity index (χ0) is 17.4. The van der Waals surface area contributed by atoms with E-state index >= 15 is 0 Å². The highest BCUT2D eigenvalue weighted by atomic mass is 35.5. The first-order chi connectivity index (χ1) is 12.1. The summed E-state index contributed by atoms with van der Waals surface area (Å²) in [5, 5.41) is 7.87. The summed E-state index contributed by atoms with van der Waals surface area (Å²) >= 11 is 6.32. The molecule has 0 saturated carbocycles. The molecule has 3 aromatic rings. The van der Waals surface area contributed by atoms with Gasteiger partial charge in [0.25, 0.3) is 5.91 Å². The van der Waals surface area contributed by atoms with Crippen LogP contribution in [0.1, 0.15) is 27.9 Å². The lowest BCUT2D eigenvalue weighted by atomic mass is 9.99. The zero-order valence-electron chi connectivity index (χ0n) is 13.7.